The number of nitrogens with zero attached hydrogens (tertiary/aromatic N) is 2. The molecule has 30 heavy (non-hydrogen) atoms. The van der Waals surface area contributed by atoms with Crippen LogP contribution in [0.2, 0.25) is 0 Å². The molecule has 1 aromatic heterocycles. The second-order valence-electron chi connectivity index (χ2n) is 9.28. The summed E-state index contributed by atoms with van der Waals surface area (Å²) in [6.07, 6.45) is 4.59. The molecule has 0 N–H and O–H groups in total. The van der Waals surface area contributed by atoms with Crippen LogP contribution in [0.15, 0.2) is 34.8 Å². The van der Waals surface area contributed by atoms with Crippen molar-refractivity contribution in [3.05, 3.63) is 40.5 Å². The van der Waals surface area contributed by atoms with Crippen molar-refractivity contribution in [3.63, 3.8) is 0 Å². The third-order valence-corrected chi connectivity index (χ3v) is 6.52. The standard InChI is InChI=1S/C24H33BrN2O3/c1-17-22(25)23(20-8-6-5-7-9-20)26-27(17)14-18-10-12-19(13-11-18)15-29-16-21(28)30-24(2,3)4/h5-9,18-19H,10-16H2,1-4H3/t18-,19-. The van der Waals surface area contributed by atoms with E-state index in [1.54, 1.807) is 0 Å². The third kappa shape index (κ3) is 6.42. The largest absolute Gasteiger partial charge is 0.458 e. The molecule has 1 fully saturated rings. The van der Waals surface area contributed by atoms with Crippen molar-refractivity contribution in [2.75, 3.05) is 13.2 Å². The van der Waals surface area contributed by atoms with Crippen LogP contribution in [0, 0.1) is 18.8 Å². The minimum atomic E-state index is -0.460. The molecule has 0 radical (unpaired) electrons. The molecule has 0 unspecified atom stereocenters. The zero-order valence-corrected chi connectivity index (χ0v) is 20.1. The van der Waals surface area contributed by atoms with Crippen LogP contribution < -0.4 is 0 Å². The molecular formula is C24H33BrN2O3. The second kappa shape index (κ2) is 10.1. The summed E-state index contributed by atoms with van der Waals surface area (Å²) in [5, 5.41) is 4.88. The molecule has 0 aliphatic heterocycles. The molecule has 164 valence electrons. The summed E-state index contributed by atoms with van der Waals surface area (Å²) in [5.41, 5.74) is 2.87. The Labute approximate surface area is 188 Å². The van der Waals surface area contributed by atoms with Gasteiger partial charge in [-0.2, -0.15) is 5.10 Å². The molecule has 0 atom stereocenters. The average molecular weight is 477 g/mol. The quantitative estimate of drug-likeness (QED) is 0.474. The smallest absolute Gasteiger partial charge is 0.332 e. The molecule has 5 nitrogen and oxygen atoms in total. The van der Waals surface area contributed by atoms with Crippen LogP contribution in [0.25, 0.3) is 11.3 Å². The van der Waals surface area contributed by atoms with Gasteiger partial charge in [-0.1, -0.05) is 30.3 Å². The first kappa shape index (κ1) is 23.0. The van der Waals surface area contributed by atoms with E-state index in [0.29, 0.717) is 18.4 Å². The van der Waals surface area contributed by atoms with E-state index in [1.807, 2.05) is 39.0 Å². The number of carbonyl (C=O) groups is 1. The van der Waals surface area contributed by atoms with E-state index in [2.05, 4.69) is 39.7 Å². The Hall–Kier alpha value is -1.66. The number of aromatic nitrogens is 2. The van der Waals surface area contributed by atoms with Crippen LogP contribution in [-0.4, -0.2) is 34.6 Å². The number of carbonyl (C=O) groups excluding carboxylic acids is 1. The summed E-state index contributed by atoms with van der Waals surface area (Å²) in [5.74, 6) is 0.861. The molecule has 1 heterocycles. The van der Waals surface area contributed by atoms with Gasteiger partial charge in [0.15, 0.2) is 0 Å². The maximum Gasteiger partial charge on any atom is 0.332 e. The van der Waals surface area contributed by atoms with Gasteiger partial charge in [0.25, 0.3) is 0 Å². The van der Waals surface area contributed by atoms with Crippen LogP contribution in [0.3, 0.4) is 0 Å². The minimum Gasteiger partial charge on any atom is -0.458 e. The lowest BCUT2D eigenvalue weighted by Crippen LogP contribution is -2.28. The normalized spacial score (nSPS) is 19.6. The van der Waals surface area contributed by atoms with Gasteiger partial charge in [0.1, 0.15) is 17.9 Å². The molecule has 1 saturated carbocycles. The highest BCUT2D eigenvalue weighted by Gasteiger charge is 2.24. The maximum absolute atomic E-state index is 11.8. The molecule has 0 saturated heterocycles. The van der Waals surface area contributed by atoms with E-state index in [9.17, 15) is 4.79 Å². The van der Waals surface area contributed by atoms with E-state index >= 15 is 0 Å². The highest BCUT2D eigenvalue weighted by atomic mass is 79.9. The molecule has 0 amide bonds. The van der Waals surface area contributed by atoms with Crippen molar-refractivity contribution >= 4 is 21.9 Å². The predicted octanol–water partition coefficient (Wildman–Crippen LogP) is 5.79. The van der Waals surface area contributed by atoms with Gasteiger partial charge in [0.05, 0.1) is 16.8 Å². The molecule has 6 heteroatoms. The van der Waals surface area contributed by atoms with E-state index in [1.165, 1.54) is 5.69 Å². The van der Waals surface area contributed by atoms with Gasteiger partial charge < -0.3 is 9.47 Å². The van der Waals surface area contributed by atoms with Crippen molar-refractivity contribution in [2.24, 2.45) is 11.8 Å². The van der Waals surface area contributed by atoms with E-state index in [4.69, 9.17) is 14.6 Å². The molecule has 1 aliphatic rings. The Bertz CT molecular complexity index is 834. The topological polar surface area (TPSA) is 53.4 Å². The van der Waals surface area contributed by atoms with E-state index in [0.717, 1.165) is 48.0 Å². The lowest BCUT2D eigenvalue weighted by Gasteiger charge is -2.28. The van der Waals surface area contributed by atoms with Gasteiger partial charge in [0, 0.05) is 12.1 Å². The highest BCUT2D eigenvalue weighted by Crippen LogP contribution is 2.33. The average Bonchev–Trinajstić information content (AvgIpc) is 2.97. The summed E-state index contributed by atoms with van der Waals surface area (Å²) >= 11 is 3.73. The second-order valence-corrected chi connectivity index (χ2v) is 10.1. The predicted molar refractivity (Wildman–Crippen MR) is 122 cm³/mol. The fourth-order valence-corrected chi connectivity index (χ4v) is 4.50. The number of rotatable bonds is 7. The van der Waals surface area contributed by atoms with Gasteiger partial charge in [-0.3, -0.25) is 4.68 Å². The molecule has 1 aliphatic carbocycles. The Kier molecular flexibility index (Phi) is 7.75. The Morgan fingerprint density at radius 3 is 2.40 bits per heavy atom. The molecule has 0 bridgehead atoms. The monoisotopic (exact) mass is 476 g/mol. The van der Waals surface area contributed by atoms with Crippen LogP contribution in [0.5, 0.6) is 0 Å². The molecular weight excluding hydrogens is 444 g/mol. The number of halogens is 1. The summed E-state index contributed by atoms with van der Waals surface area (Å²) in [6, 6.07) is 10.3. The van der Waals surface area contributed by atoms with Crippen LogP contribution in [0.1, 0.15) is 52.1 Å². The fourth-order valence-electron chi connectivity index (χ4n) is 3.99. The molecule has 3 rings (SSSR count). The van der Waals surface area contributed by atoms with E-state index < -0.39 is 5.60 Å². The number of ether oxygens (including phenoxy) is 2. The van der Waals surface area contributed by atoms with Crippen LogP contribution in [-0.2, 0) is 20.8 Å². The highest BCUT2D eigenvalue weighted by molar-refractivity contribution is 9.10. The zero-order chi connectivity index (χ0) is 21.7. The summed E-state index contributed by atoms with van der Waals surface area (Å²) in [6.45, 7) is 9.36. The van der Waals surface area contributed by atoms with Gasteiger partial charge in [-0.25, -0.2) is 4.79 Å². The minimum absolute atomic E-state index is 0.0416. The Morgan fingerprint density at radius 1 is 1.13 bits per heavy atom. The van der Waals surface area contributed by atoms with Gasteiger partial charge in [-0.15, -0.1) is 0 Å². The summed E-state index contributed by atoms with van der Waals surface area (Å²) < 4.78 is 14.1. The van der Waals surface area contributed by atoms with Gasteiger partial charge >= 0.3 is 5.97 Å². The van der Waals surface area contributed by atoms with Crippen LogP contribution in [0.4, 0.5) is 0 Å². The molecule has 0 spiro atoms. The number of hydrogen-bond donors (Lipinski definition) is 0. The number of benzene rings is 1. The molecule has 1 aromatic carbocycles. The Balaban J connectivity index is 1.46. The first-order chi connectivity index (χ1) is 14.2. The third-order valence-electron chi connectivity index (χ3n) is 5.57. The summed E-state index contributed by atoms with van der Waals surface area (Å²) in [4.78, 5) is 11.8. The van der Waals surface area contributed by atoms with Crippen molar-refractivity contribution < 1.29 is 14.3 Å². The lowest BCUT2D eigenvalue weighted by atomic mass is 9.82. The van der Waals surface area contributed by atoms with Crippen molar-refractivity contribution in [1.29, 1.82) is 0 Å². The first-order valence-corrected chi connectivity index (χ1v) is 11.6. The Morgan fingerprint density at radius 2 is 1.77 bits per heavy atom. The van der Waals surface area contributed by atoms with Gasteiger partial charge in [-0.05, 0) is 81.1 Å². The first-order valence-electron chi connectivity index (χ1n) is 10.8. The van der Waals surface area contributed by atoms with Crippen molar-refractivity contribution in [3.8, 4) is 11.3 Å². The summed E-state index contributed by atoms with van der Waals surface area (Å²) in [7, 11) is 0. The fraction of sp³-hybridized carbons (Fsp3) is 0.583. The van der Waals surface area contributed by atoms with Gasteiger partial charge in [0.2, 0.25) is 0 Å². The zero-order valence-electron chi connectivity index (χ0n) is 18.5. The lowest BCUT2D eigenvalue weighted by molar-refractivity contribution is -0.160. The van der Waals surface area contributed by atoms with Crippen molar-refractivity contribution in [1.82, 2.24) is 9.78 Å². The van der Waals surface area contributed by atoms with Crippen molar-refractivity contribution in [2.45, 2.75) is 65.5 Å². The SMILES string of the molecule is Cc1c(Br)c(-c2ccccc2)nn1C[C@H]1CC[C@H](COCC(=O)OC(C)(C)C)CC1. The number of hydrogen-bond acceptors (Lipinski definition) is 4. The van der Waals surface area contributed by atoms with Crippen LogP contribution >= 0.6 is 15.9 Å². The number of esters is 1. The molecule has 2 aromatic rings. The van der Waals surface area contributed by atoms with E-state index in [-0.39, 0.29) is 12.6 Å². The maximum atomic E-state index is 11.8.